The normalized spacial score (nSPS) is 12.0. The Morgan fingerprint density at radius 2 is 2.00 bits per heavy atom. The van der Waals surface area contributed by atoms with Gasteiger partial charge < -0.3 is 24.8 Å². The van der Waals surface area contributed by atoms with Crippen molar-refractivity contribution in [1.29, 1.82) is 0 Å². The standard InChI is InChI=1S/C15H17N5O5/c1-23-5-4-16-14-13(20(21)22)15(19-8-18-14)17-7-10-2-3-11-12(6-10)25-9-24-11/h2-3,6,8H,4-5,7,9H2,1H3,(H2,16,17,18,19). The van der Waals surface area contributed by atoms with Crippen LogP contribution >= 0.6 is 0 Å². The highest BCUT2D eigenvalue weighted by atomic mass is 16.7. The molecule has 2 aromatic rings. The highest BCUT2D eigenvalue weighted by Crippen LogP contribution is 2.33. The van der Waals surface area contributed by atoms with E-state index in [1.54, 1.807) is 13.2 Å². The van der Waals surface area contributed by atoms with Crippen LogP contribution in [0.2, 0.25) is 0 Å². The van der Waals surface area contributed by atoms with E-state index in [-0.39, 0.29) is 24.1 Å². The molecule has 0 atom stereocenters. The van der Waals surface area contributed by atoms with Gasteiger partial charge in [-0.25, -0.2) is 9.97 Å². The van der Waals surface area contributed by atoms with Crippen molar-refractivity contribution >= 4 is 17.3 Å². The molecule has 2 N–H and O–H groups in total. The van der Waals surface area contributed by atoms with Crippen LogP contribution in [0.1, 0.15) is 5.56 Å². The third-order valence-electron chi connectivity index (χ3n) is 3.50. The number of aromatic nitrogens is 2. The summed E-state index contributed by atoms with van der Waals surface area (Å²) in [7, 11) is 1.55. The summed E-state index contributed by atoms with van der Waals surface area (Å²) in [6.45, 7) is 1.34. The fourth-order valence-electron chi connectivity index (χ4n) is 2.32. The second kappa shape index (κ2) is 7.62. The number of rotatable bonds is 8. The summed E-state index contributed by atoms with van der Waals surface area (Å²) in [4.78, 5) is 18.8. The molecular formula is C15H17N5O5. The summed E-state index contributed by atoms with van der Waals surface area (Å²) >= 11 is 0. The minimum Gasteiger partial charge on any atom is -0.454 e. The average molecular weight is 347 g/mol. The molecule has 25 heavy (non-hydrogen) atoms. The Hall–Kier alpha value is -3.14. The number of ether oxygens (including phenoxy) is 3. The van der Waals surface area contributed by atoms with Crippen LogP contribution in [0.25, 0.3) is 0 Å². The minimum atomic E-state index is -0.517. The van der Waals surface area contributed by atoms with Crippen molar-refractivity contribution in [2.24, 2.45) is 0 Å². The fraction of sp³-hybridized carbons (Fsp3) is 0.333. The number of methoxy groups -OCH3 is 1. The van der Waals surface area contributed by atoms with Gasteiger partial charge in [-0.2, -0.15) is 0 Å². The van der Waals surface area contributed by atoms with Gasteiger partial charge in [0.05, 0.1) is 11.5 Å². The molecule has 0 aliphatic carbocycles. The van der Waals surface area contributed by atoms with E-state index in [1.807, 2.05) is 12.1 Å². The van der Waals surface area contributed by atoms with Gasteiger partial charge in [0, 0.05) is 20.2 Å². The maximum atomic E-state index is 11.4. The Bertz CT molecular complexity index is 770. The first kappa shape index (κ1) is 16.7. The molecule has 1 aromatic carbocycles. The van der Waals surface area contributed by atoms with Crippen LogP contribution in [0.5, 0.6) is 11.5 Å². The average Bonchev–Trinajstić information content (AvgIpc) is 3.07. The monoisotopic (exact) mass is 347 g/mol. The van der Waals surface area contributed by atoms with Gasteiger partial charge in [0.2, 0.25) is 18.4 Å². The van der Waals surface area contributed by atoms with Crippen molar-refractivity contribution in [3.05, 3.63) is 40.2 Å². The fourth-order valence-corrected chi connectivity index (χ4v) is 2.32. The van der Waals surface area contributed by atoms with Crippen LogP contribution in [0.4, 0.5) is 17.3 Å². The molecule has 0 saturated heterocycles. The van der Waals surface area contributed by atoms with Gasteiger partial charge in [-0.1, -0.05) is 6.07 Å². The second-order valence-corrected chi connectivity index (χ2v) is 5.14. The first-order chi connectivity index (χ1) is 12.2. The Morgan fingerprint density at radius 1 is 1.24 bits per heavy atom. The van der Waals surface area contributed by atoms with E-state index in [0.29, 0.717) is 31.2 Å². The summed E-state index contributed by atoms with van der Waals surface area (Å²) < 4.78 is 15.5. The van der Waals surface area contributed by atoms with Crippen molar-refractivity contribution in [3.63, 3.8) is 0 Å². The number of nitro groups is 1. The summed E-state index contributed by atoms with van der Waals surface area (Å²) in [6.07, 6.45) is 1.27. The summed E-state index contributed by atoms with van der Waals surface area (Å²) in [5, 5.41) is 17.3. The molecule has 10 nitrogen and oxygen atoms in total. The number of hydrogen-bond donors (Lipinski definition) is 2. The van der Waals surface area contributed by atoms with Gasteiger partial charge in [-0.3, -0.25) is 10.1 Å². The van der Waals surface area contributed by atoms with Crippen LogP contribution in [0.3, 0.4) is 0 Å². The Kier molecular flexibility index (Phi) is 5.09. The number of fused-ring (bicyclic) bond motifs is 1. The molecule has 0 bridgehead atoms. The number of anilines is 2. The lowest BCUT2D eigenvalue weighted by molar-refractivity contribution is -0.383. The maximum Gasteiger partial charge on any atom is 0.353 e. The van der Waals surface area contributed by atoms with Gasteiger partial charge in [0.15, 0.2) is 11.5 Å². The van der Waals surface area contributed by atoms with Gasteiger partial charge in [0.25, 0.3) is 0 Å². The summed E-state index contributed by atoms with van der Waals surface area (Å²) in [5.41, 5.74) is 0.672. The van der Waals surface area contributed by atoms with Crippen LogP contribution in [0, 0.1) is 10.1 Å². The highest BCUT2D eigenvalue weighted by Gasteiger charge is 2.22. The van der Waals surface area contributed by atoms with Crippen LogP contribution in [-0.4, -0.2) is 41.9 Å². The van der Waals surface area contributed by atoms with E-state index in [1.165, 1.54) is 6.33 Å². The van der Waals surface area contributed by atoms with Crippen LogP contribution in [0.15, 0.2) is 24.5 Å². The molecule has 1 aliphatic rings. The second-order valence-electron chi connectivity index (χ2n) is 5.14. The molecule has 132 valence electrons. The number of hydrogen-bond acceptors (Lipinski definition) is 9. The Balaban J connectivity index is 1.75. The lowest BCUT2D eigenvalue weighted by atomic mass is 10.2. The minimum absolute atomic E-state index is 0.137. The van der Waals surface area contributed by atoms with E-state index in [9.17, 15) is 10.1 Å². The largest absolute Gasteiger partial charge is 0.454 e. The molecule has 1 aromatic heterocycles. The number of nitrogens with one attached hydrogen (secondary N) is 2. The zero-order chi connectivity index (χ0) is 17.6. The Morgan fingerprint density at radius 3 is 2.76 bits per heavy atom. The van der Waals surface area contributed by atoms with E-state index < -0.39 is 4.92 Å². The summed E-state index contributed by atoms with van der Waals surface area (Å²) in [5.74, 6) is 1.61. The maximum absolute atomic E-state index is 11.4. The smallest absolute Gasteiger partial charge is 0.353 e. The van der Waals surface area contributed by atoms with Crippen LogP contribution < -0.4 is 20.1 Å². The molecule has 0 unspecified atom stereocenters. The topological polar surface area (TPSA) is 121 Å². The molecule has 0 amide bonds. The molecule has 3 rings (SSSR count). The Labute approximate surface area is 143 Å². The highest BCUT2D eigenvalue weighted by molar-refractivity contribution is 5.69. The van der Waals surface area contributed by atoms with E-state index in [4.69, 9.17) is 14.2 Å². The molecule has 0 spiro atoms. The predicted molar refractivity (Wildman–Crippen MR) is 88.9 cm³/mol. The lowest BCUT2D eigenvalue weighted by Gasteiger charge is -2.10. The van der Waals surface area contributed by atoms with Gasteiger partial charge in [0.1, 0.15) is 6.33 Å². The number of nitrogens with zero attached hydrogens (tertiary/aromatic N) is 3. The molecule has 2 heterocycles. The van der Waals surface area contributed by atoms with Crippen molar-refractivity contribution in [3.8, 4) is 11.5 Å². The van der Waals surface area contributed by atoms with Gasteiger partial charge in [-0.15, -0.1) is 0 Å². The van der Waals surface area contributed by atoms with Crippen LogP contribution in [-0.2, 0) is 11.3 Å². The first-order valence-corrected chi connectivity index (χ1v) is 7.53. The quantitative estimate of drug-likeness (QED) is 0.418. The zero-order valence-electron chi connectivity index (χ0n) is 13.5. The van der Waals surface area contributed by atoms with Crippen molar-refractivity contribution in [1.82, 2.24) is 9.97 Å². The van der Waals surface area contributed by atoms with E-state index in [0.717, 1.165) is 5.56 Å². The summed E-state index contributed by atoms with van der Waals surface area (Å²) in [6, 6.07) is 5.47. The predicted octanol–water partition coefficient (Wildman–Crippen LogP) is 1.78. The SMILES string of the molecule is COCCNc1ncnc(NCc2ccc3c(c2)OCO3)c1[N+](=O)[O-]. The third-order valence-corrected chi connectivity index (χ3v) is 3.50. The molecular weight excluding hydrogens is 330 g/mol. The van der Waals surface area contributed by atoms with Crippen molar-refractivity contribution in [2.45, 2.75) is 6.54 Å². The molecule has 1 aliphatic heterocycles. The van der Waals surface area contributed by atoms with Gasteiger partial charge in [-0.05, 0) is 17.7 Å². The van der Waals surface area contributed by atoms with Crippen molar-refractivity contribution in [2.75, 3.05) is 37.7 Å². The van der Waals surface area contributed by atoms with E-state index >= 15 is 0 Å². The van der Waals surface area contributed by atoms with Gasteiger partial charge >= 0.3 is 5.69 Å². The zero-order valence-corrected chi connectivity index (χ0v) is 13.5. The molecule has 0 radical (unpaired) electrons. The molecule has 0 fully saturated rings. The first-order valence-electron chi connectivity index (χ1n) is 7.53. The van der Waals surface area contributed by atoms with Crippen molar-refractivity contribution < 1.29 is 19.1 Å². The number of benzene rings is 1. The third kappa shape index (κ3) is 3.86. The molecule has 0 saturated carbocycles. The molecule has 10 heteroatoms. The lowest BCUT2D eigenvalue weighted by Crippen LogP contribution is -2.13. The van der Waals surface area contributed by atoms with E-state index in [2.05, 4.69) is 20.6 Å².